The molecule has 2 rings (SSSR count). The van der Waals surface area contributed by atoms with E-state index >= 15 is 0 Å². The zero-order valence-electron chi connectivity index (χ0n) is 11.5. The highest BCUT2D eigenvalue weighted by Crippen LogP contribution is 2.19. The van der Waals surface area contributed by atoms with Crippen molar-refractivity contribution in [2.75, 3.05) is 6.61 Å². The Labute approximate surface area is 122 Å². The highest BCUT2D eigenvalue weighted by Gasteiger charge is 2.13. The van der Waals surface area contributed by atoms with Gasteiger partial charge in [0.2, 0.25) is 0 Å². The fourth-order valence-corrected chi connectivity index (χ4v) is 1.63. The summed E-state index contributed by atoms with van der Waals surface area (Å²) in [7, 11) is 0. The van der Waals surface area contributed by atoms with Crippen LogP contribution < -0.4 is 10.5 Å². The third kappa shape index (κ3) is 3.79. The Bertz CT molecular complexity index is 642. The van der Waals surface area contributed by atoms with Crippen LogP contribution in [0.25, 0.3) is 0 Å². The van der Waals surface area contributed by atoms with Crippen LogP contribution >= 0.6 is 0 Å². The molecule has 2 aromatic rings. The zero-order valence-corrected chi connectivity index (χ0v) is 11.5. The molecule has 0 unspecified atom stereocenters. The minimum absolute atomic E-state index is 0.0969. The third-order valence-corrected chi connectivity index (χ3v) is 2.61. The van der Waals surface area contributed by atoms with Crippen LogP contribution in [-0.4, -0.2) is 23.4 Å². The van der Waals surface area contributed by atoms with Gasteiger partial charge in [0, 0.05) is 18.0 Å². The largest absolute Gasteiger partial charge is 0.493 e. The van der Waals surface area contributed by atoms with Gasteiger partial charge in [-0.05, 0) is 31.2 Å². The number of para-hydroxylation sites is 1. The number of nitrogens with two attached hydrogens (primary N) is 1. The lowest BCUT2D eigenvalue weighted by Crippen LogP contribution is -2.15. The molecule has 1 aromatic heterocycles. The van der Waals surface area contributed by atoms with Crippen LogP contribution in [-0.2, 0) is 4.84 Å². The van der Waals surface area contributed by atoms with Crippen LogP contribution in [0, 0.1) is 0 Å². The molecule has 108 valence electrons. The Morgan fingerprint density at radius 1 is 1.24 bits per heavy atom. The number of hydrogen-bond donors (Lipinski definition) is 1. The van der Waals surface area contributed by atoms with Crippen molar-refractivity contribution in [2.24, 2.45) is 10.9 Å². The van der Waals surface area contributed by atoms with Crippen molar-refractivity contribution in [1.29, 1.82) is 0 Å². The van der Waals surface area contributed by atoms with E-state index in [9.17, 15) is 4.79 Å². The number of pyridine rings is 1. The van der Waals surface area contributed by atoms with Crippen LogP contribution in [0.4, 0.5) is 0 Å². The Morgan fingerprint density at radius 2 is 1.95 bits per heavy atom. The first-order valence-electron chi connectivity index (χ1n) is 6.39. The summed E-state index contributed by atoms with van der Waals surface area (Å²) >= 11 is 0. The number of amidine groups is 1. The molecule has 0 bridgehead atoms. The van der Waals surface area contributed by atoms with Crippen molar-refractivity contribution >= 4 is 11.8 Å². The van der Waals surface area contributed by atoms with Gasteiger partial charge in [0.15, 0.2) is 5.84 Å². The van der Waals surface area contributed by atoms with E-state index in [2.05, 4.69) is 10.1 Å². The highest BCUT2D eigenvalue weighted by atomic mass is 16.7. The van der Waals surface area contributed by atoms with Gasteiger partial charge in [-0.15, -0.1) is 0 Å². The first-order valence-corrected chi connectivity index (χ1v) is 6.39. The Kier molecular flexibility index (Phi) is 4.87. The molecular formula is C15H15N3O3. The van der Waals surface area contributed by atoms with E-state index in [-0.39, 0.29) is 5.84 Å². The van der Waals surface area contributed by atoms with Gasteiger partial charge in [0.25, 0.3) is 0 Å². The minimum Gasteiger partial charge on any atom is -0.493 e. The molecule has 21 heavy (non-hydrogen) atoms. The Hall–Kier alpha value is -2.89. The van der Waals surface area contributed by atoms with Gasteiger partial charge in [-0.3, -0.25) is 4.98 Å². The summed E-state index contributed by atoms with van der Waals surface area (Å²) < 4.78 is 5.36. The summed E-state index contributed by atoms with van der Waals surface area (Å²) in [6, 6.07) is 10.1. The number of nitrogens with zero attached hydrogens (tertiary/aromatic N) is 2. The molecule has 0 aliphatic carbocycles. The lowest BCUT2D eigenvalue weighted by atomic mass is 10.2. The second-order valence-corrected chi connectivity index (χ2v) is 4.02. The normalized spacial score (nSPS) is 11.0. The summed E-state index contributed by atoms with van der Waals surface area (Å²) in [5.41, 5.74) is 6.65. The molecule has 0 aliphatic rings. The van der Waals surface area contributed by atoms with E-state index in [0.29, 0.717) is 23.5 Å². The standard InChI is InChI=1S/C15H15N3O3/c1-2-20-13-6-4-3-5-12(13)15(19)21-18-14(16)11-7-9-17-10-8-11/h3-10H,2H2,1H3,(H2,16,18). The van der Waals surface area contributed by atoms with Gasteiger partial charge >= 0.3 is 5.97 Å². The quantitative estimate of drug-likeness (QED) is 0.393. The summed E-state index contributed by atoms with van der Waals surface area (Å²) in [6.07, 6.45) is 3.15. The van der Waals surface area contributed by atoms with Gasteiger partial charge in [0.05, 0.1) is 6.61 Å². The Morgan fingerprint density at radius 3 is 2.67 bits per heavy atom. The predicted molar refractivity (Wildman–Crippen MR) is 78.0 cm³/mol. The predicted octanol–water partition coefficient (Wildman–Crippen LogP) is 1.96. The molecule has 6 heteroatoms. The maximum Gasteiger partial charge on any atom is 0.369 e. The second-order valence-electron chi connectivity index (χ2n) is 4.02. The van der Waals surface area contributed by atoms with Crippen molar-refractivity contribution in [1.82, 2.24) is 4.98 Å². The summed E-state index contributed by atoms with van der Waals surface area (Å²) in [4.78, 5) is 20.7. The molecule has 0 radical (unpaired) electrons. The smallest absolute Gasteiger partial charge is 0.369 e. The number of hydrogen-bond acceptors (Lipinski definition) is 5. The number of oxime groups is 1. The van der Waals surface area contributed by atoms with Crippen molar-refractivity contribution in [3.63, 3.8) is 0 Å². The number of rotatable bonds is 5. The summed E-state index contributed by atoms with van der Waals surface area (Å²) in [5, 5.41) is 3.63. The van der Waals surface area contributed by atoms with Crippen LogP contribution in [0.1, 0.15) is 22.8 Å². The topological polar surface area (TPSA) is 86.8 Å². The molecule has 0 aliphatic heterocycles. The van der Waals surface area contributed by atoms with Gasteiger partial charge in [0.1, 0.15) is 11.3 Å². The Balaban J connectivity index is 2.12. The fraction of sp³-hybridized carbons (Fsp3) is 0.133. The third-order valence-electron chi connectivity index (χ3n) is 2.61. The van der Waals surface area contributed by atoms with Crippen molar-refractivity contribution in [3.8, 4) is 5.75 Å². The molecule has 0 saturated heterocycles. The number of carbonyl (C=O) groups excluding carboxylic acids is 1. The molecule has 6 nitrogen and oxygen atoms in total. The molecule has 0 saturated carbocycles. The maximum absolute atomic E-state index is 12.0. The van der Waals surface area contributed by atoms with Crippen LogP contribution in [0.5, 0.6) is 5.75 Å². The van der Waals surface area contributed by atoms with E-state index in [1.54, 1.807) is 48.8 Å². The number of benzene rings is 1. The van der Waals surface area contributed by atoms with Gasteiger partial charge in [-0.25, -0.2) is 4.79 Å². The molecular weight excluding hydrogens is 270 g/mol. The summed E-state index contributed by atoms with van der Waals surface area (Å²) in [5.74, 6) is -0.0848. The van der Waals surface area contributed by atoms with Gasteiger partial charge in [-0.1, -0.05) is 17.3 Å². The van der Waals surface area contributed by atoms with Crippen LogP contribution in [0.3, 0.4) is 0 Å². The second kappa shape index (κ2) is 7.04. The van der Waals surface area contributed by atoms with E-state index in [1.165, 1.54) is 0 Å². The molecule has 1 aromatic carbocycles. The SMILES string of the molecule is CCOc1ccccc1C(=O)ON=C(N)c1ccncc1. The molecule has 0 fully saturated rings. The first kappa shape index (κ1) is 14.5. The van der Waals surface area contributed by atoms with Gasteiger partial charge in [-0.2, -0.15) is 0 Å². The first-order chi connectivity index (χ1) is 10.2. The molecule has 2 N–H and O–H groups in total. The highest BCUT2D eigenvalue weighted by molar-refractivity contribution is 5.98. The minimum atomic E-state index is -0.629. The molecule has 0 atom stereocenters. The zero-order chi connectivity index (χ0) is 15.1. The van der Waals surface area contributed by atoms with Crippen molar-refractivity contribution in [2.45, 2.75) is 6.92 Å². The number of carbonyl (C=O) groups is 1. The lowest BCUT2D eigenvalue weighted by molar-refractivity contribution is 0.0511. The fourth-order valence-electron chi connectivity index (χ4n) is 1.63. The van der Waals surface area contributed by atoms with E-state index in [4.69, 9.17) is 15.3 Å². The van der Waals surface area contributed by atoms with Crippen molar-refractivity contribution in [3.05, 3.63) is 59.9 Å². The summed E-state index contributed by atoms with van der Waals surface area (Å²) in [6.45, 7) is 2.29. The van der Waals surface area contributed by atoms with Crippen molar-refractivity contribution < 1.29 is 14.4 Å². The number of aromatic nitrogens is 1. The van der Waals surface area contributed by atoms with Crippen LogP contribution in [0.2, 0.25) is 0 Å². The average Bonchev–Trinajstić information content (AvgIpc) is 2.54. The van der Waals surface area contributed by atoms with E-state index < -0.39 is 5.97 Å². The lowest BCUT2D eigenvalue weighted by Gasteiger charge is -2.07. The van der Waals surface area contributed by atoms with Gasteiger partial charge < -0.3 is 15.3 Å². The molecule has 0 spiro atoms. The van der Waals surface area contributed by atoms with E-state index in [0.717, 1.165) is 0 Å². The maximum atomic E-state index is 12.0. The molecule has 1 heterocycles. The van der Waals surface area contributed by atoms with Crippen LogP contribution in [0.15, 0.2) is 53.9 Å². The monoisotopic (exact) mass is 285 g/mol. The average molecular weight is 285 g/mol. The number of ether oxygens (including phenoxy) is 1. The molecule has 0 amide bonds. The van der Waals surface area contributed by atoms with E-state index in [1.807, 2.05) is 6.92 Å².